The summed E-state index contributed by atoms with van der Waals surface area (Å²) in [6.45, 7) is 13.3. The molecule has 4 aliphatic rings. The van der Waals surface area contributed by atoms with E-state index in [-0.39, 0.29) is 23.5 Å². The van der Waals surface area contributed by atoms with Gasteiger partial charge in [-0.3, -0.25) is 4.79 Å². The molecule has 0 aromatic rings. The van der Waals surface area contributed by atoms with Crippen LogP contribution in [0.4, 0.5) is 0 Å². The molecule has 4 rings (SSSR count). The van der Waals surface area contributed by atoms with E-state index >= 15 is 0 Å². The summed E-state index contributed by atoms with van der Waals surface area (Å²) in [6.07, 6.45) is 10.4. The highest BCUT2D eigenvalue weighted by Gasteiger charge is 2.69. The second-order valence-electron chi connectivity index (χ2n) is 12.5. The zero-order chi connectivity index (χ0) is 23.7. The van der Waals surface area contributed by atoms with Gasteiger partial charge >= 0.3 is 0 Å². The van der Waals surface area contributed by atoms with Gasteiger partial charge in [-0.05, 0) is 79.8 Å². The SMILES string of the molecule is CC(C)C(C)C=CC(C)C1CCC2(O)C3=CC(=O)C4(O)CC(O)CCC4(C)C3CCC12C. The van der Waals surface area contributed by atoms with Crippen LogP contribution in [0.25, 0.3) is 0 Å². The lowest BCUT2D eigenvalue weighted by molar-refractivity contribution is -0.188. The molecule has 4 aliphatic carbocycles. The van der Waals surface area contributed by atoms with Crippen LogP contribution < -0.4 is 0 Å². The van der Waals surface area contributed by atoms with E-state index in [0.29, 0.717) is 42.9 Å². The molecular weight excluding hydrogens is 400 g/mol. The standard InChI is InChI=1S/C28H44O4/c1-17(2)18(3)7-8-19(4)21-11-14-27(31)23-15-24(30)28(32)16-20(29)9-12-26(28,6)22(23)10-13-25(21,27)5/h7-8,15,17-22,29,31-32H,9-14,16H2,1-6H3. The van der Waals surface area contributed by atoms with E-state index in [1.54, 1.807) is 6.08 Å². The van der Waals surface area contributed by atoms with Crippen molar-refractivity contribution in [1.82, 2.24) is 0 Å². The van der Waals surface area contributed by atoms with E-state index in [2.05, 4.69) is 46.8 Å². The number of carbonyl (C=O) groups excluding carboxylic acids is 1. The number of rotatable bonds is 4. The van der Waals surface area contributed by atoms with Crippen molar-refractivity contribution < 1.29 is 20.1 Å². The number of carbonyl (C=O) groups is 1. The maximum atomic E-state index is 13.3. The summed E-state index contributed by atoms with van der Waals surface area (Å²) in [6, 6.07) is 0. The molecule has 0 aromatic carbocycles. The summed E-state index contributed by atoms with van der Waals surface area (Å²) in [5.41, 5.74) is -2.55. The largest absolute Gasteiger partial charge is 0.393 e. The maximum Gasteiger partial charge on any atom is 0.187 e. The summed E-state index contributed by atoms with van der Waals surface area (Å²) >= 11 is 0. The van der Waals surface area contributed by atoms with E-state index < -0.39 is 22.7 Å². The molecule has 3 saturated carbocycles. The van der Waals surface area contributed by atoms with Gasteiger partial charge in [-0.1, -0.05) is 53.7 Å². The smallest absolute Gasteiger partial charge is 0.187 e. The van der Waals surface area contributed by atoms with Gasteiger partial charge in [0.1, 0.15) is 5.60 Å². The first-order valence-electron chi connectivity index (χ1n) is 12.9. The van der Waals surface area contributed by atoms with Crippen molar-refractivity contribution in [2.45, 2.75) is 104 Å². The van der Waals surface area contributed by atoms with E-state index in [9.17, 15) is 20.1 Å². The summed E-state index contributed by atoms with van der Waals surface area (Å²) in [5.74, 6) is 1.54. The topological polar surface area (TPSA) is 77.8 Å². The Labute approximate surface area is 194 Å². The summed E-state index contributed by atoms with van der Waals surface area (Å²) in [7, 11) is 0. The molecule has 0 amide bonds. The van der Waals surface area contributed by atoms with E-state index in [4.69, 9.17) is 0 Å². The fourth-order valence-corrected chi connectivity index (χ4v) is 7.92. The normalized spacial score (nSPS) is 48.2. The molecule has 0 saturated heterocycles. The monoisotopic (exact) mass is 444 g/mol. The molecule has 9 atom stereocenters. The molecule has 0 bridgehead atoms. The predicted octanol–water partition coefficient (Wildman–Crippen LogP) is 4.82. The Morgan fingerprint density at radius 3 is 2.25 bits per heavy atom. The average molecular weight is 445 g/mol. The molecule has 0 heterocycles. The van der Waals surface area contributed by atoms with Crippen LogP contribution in [-0.2, 0) is 4.79 Å². The van der Waals surface area contributed by atoms with Crippen LogP contribution in [0.2, 0.25) is 0 Å². The third kappa shape index (κ3) is 3.15. The molecule has 9 unspecified atom stereocenters. The highest BCUT2D eigenvalue weighted by molar-refractivity contribution is 6.00. The minimum Gasteiger partial charge on any atom is -0.393 e. The van der Waals surface area contributed by atoms with Crippen molar-refractivity contribution >= 4 is 5.78 Å². The fourth-order valence-electron chi connectivity index (χ4n) is 7.92. The van der Waals surface area contributed by atoms with Gasteiger partial charge in [0.05, 0.1) is 11.7 Å². The van der Waals surface area contributed by atoms with Crippen LogP contribution in [0.15, 0.2) is 23.8 Å². The van der Waals surface area contributed by atoms with E-state index in [0.717, 1.165) is 24.8 Å². The van der Waals surface area contributed by atoms with Gasteiger partial charge < -0.3 is 15.3 Å². The van der Waals surface area contributed by atoms with Crippen LogP contribution in [0, 0.1) is 40.4 Å². The Hall–Kier alpha value is -0.970. The molecular formula is C28H44O4. The molecule has 4 nitrogen and oxygen atoms in total. The molecule has 0 spiro atoms. The molecule has 0 aliphatic heterocycles. The average Bonchev–Trinajstić information content (AvgIpc) is 3.00. The van der Waals surface area contributed by atoms with E-state index in [1.165, 1.54) is 0 Å². The van der Waals surface area contributed by atoms with Crippen LogP contribution in [-0.4, -0.2) is 38.4 Å². The molecule has 3 N–H and O–H groups in total. The Kier molecular flexibility index (Phi) is 5.88. The highest BCUT2D eigenvalue weighted by atomic mass is 16.3. The second-order valence-corrected chi connectivity index (χ2v) is 12.5. The molecule has 3 fully saturated rings. The summed E-state index contributed by atoms with van der Waals surface area (Å²) in [5, 5.41) is 33.9. The first-order valence-corrected chi connectivity index (χ1v) is 12.9. The minimum absolute atomic E-state index is 0.0127. The molecule has 0 radical (unpaired) electrons. The number of aliphatic hydroxyl groups excluding tert-OH is 1. The lowest BCUT2D eigenvalue weighted by atomic mass is 9.44. The van der Waals surface area contributed by atoms with Crippen molar-refractivity contribution in [1.29, 1.82) is 0 Å². The third-order valence-electron chi connectivity index (χ3n) is 10.7. The van der Waals surface area contributed by atoms with Crippen molar-refractivity contribution in [3.63, 3.8) is 0 Å². The van der Waals surface area contributed by atoms with Crippen LogP contribution in [0.1, 0.15) is 86.5 Å². The zero-order valence-corrected chi connectivity index (χ0v) is 20.9. The minimum atomic E-state index is -1.52. The Bertz CT molecular complexity index is 829. The van der Waals surface area contributed by atoms with Crippen LogP contribution >= 0.6 is 0 Å². The highest BCUT2D eigenvalue weighted by Crippen LogP contribution is 2.68. The first kappa shape index (κ1) is 24.2. The third-order valence-corrected chi connectivity index (χ3v) is 10.7. The summed E-state index contributed by atoms with van der Waals surface area (Å²) in [4.78, 5) is 13.3. The quantitative estimate of drug-likeness (QED) is 0.543. The Balaban J connectivity index is 1.68. The number of aliphatic hydroxyl groups is 3. The lowest BCUT2D eigenvalue weighted by Gasteiger charge is -2.62. The van der Waals surface area contributed by atoms with Gasteiger partial charge in [0.2, 0.25) is 0 Å². The molecule has 4 heteroatoms. The number of hydrogen-bond donors (Lipinski definition) is 3. The molecule has 0 aromatic heterocycles. The van der Waals surface area contributed by atoms with Gasteiger partial charge in [-0.25, -0.2) is 0 Å². The van der Waals surface area contributed by atoms with Crippen LogP contribution in [0.5, 0.6) is 0 Å². The van der Waals surface area contributed by atoms with Crippen molar-refractivity contribution in [3.05, 3.63) is 23.8 Å². The number of allylic oxidation sites excluding steroid dienone is 2. The first-order chi connectivity index (χ1) is 14.8. The van der Waals surface area contributed by atoms with Crippen molar-refractivity contribution in [2.24, 2.45) is 40.4 Å². The summed E-state index contributed by atoms with van der Waals surface area (Å²) < 4.78 is 0. The Morgan fingerprint density at radius 2 is 1.59 bits per heavy atom. The van der Waals surface area contributed by atoms with Gasteiger partial charge in [0, 0.05) is 17.3 Å². The van der Waals surface area contributed by atoms with Gasteiger partial charge in [-0.15, -0.1) is 0 Å². The van der Waals surface area contributed by atoms with E-state index in [1.807, 2.05) is 6.92 Å². The number of ketones is 1. The van der Waals surface area contributed by atoms with Crippen molar-refractivity contribution in [2.75, 3.05) is 0 Å². The molecule has 180 valence electrons. The van der Waals surface area contributed by atoms with Gasteiger partial charge in [-0.2, -0.15) is 0 Å². The predicted molar refractivity (Wildman–Crippen MR) is 127 cm³/mol. The zero-order valence-electron chi connectivity index (χ0n) is 20.9. The fraction of sp³-hybridized carbons (Fsp3) is 0.821. The number of hydrogen-bond acceptors (Lipinski definition) is 4. The lowest BCUT2D eigenvalue weighted by Crippen LogP contribution is -2.66. The number of fused-ring (bicyclic) bond motifs is 5. The second kappa shape index (κ2) is 7.78. The Morgan fingerprint density at radius 1 is 0.938 bits per heavy atom. The van der Waals surface area contributed by atoms with Gasteiger partial charge in [0.25, 0.3) is 0 Å². The van der Waals surface area contributed by atoms with Crippen molar-refractivity contribution in [3.8, 4) is 0 Å². The molecule has 32 heavy (non-hydrogen) atoms. The van der Waals surface area contributed by atoms with Gasteiger partial charge in [0.15, 0.2) is 5.78 Å². The van der Waals surface area contributed by atoms with Crippen LogP contribution in [0.3, 0.4) is 0 Å². The maximum absolute atomic E-state index is 13.3.